The fourth-order valence-corrected chi connectivity index (χ4v) is 4.95. The van der Waals surface area contributed by atoms with Crippen LogP contribution in [0.4, 0.5) is 13.2 Å². The van der Waals surface area contributed by atoms with Crippen LogP contribution in [0.25, 0.3) is 33.4 Å². The Morgan fingerprint density at radius 3 is 1.97 bits per heavy atom. The van der Waals surface area contributed by atoms with Crippen LogP contribution in [0.3, 0.4) is 0 Å². The smallest absolute Gasteiger partial charge is 0.165 e. The van der Waals surface area contributed by atoms with E-state index >= 15 is 8.78 Å². The lowest BCUT2D eigenvalue weighted by atomic mass is 9.94. The van der Waals surface area contributed by atoms with E-state index in [1.54, 1.807) is 24.3 Å². The Kier molecular flexibility index (Phi) is 6.86. The summed E-state index contributed by atoms with van der Waals surface area (Å²) < 4.78 is 50.9. The summed E-state index contributed by atoms with van der Waals surface area (Å²) >= 11 is 0. The molecule has 0 saturated heterocycles. The van der Waals surface area contributed by atoms with Crippen molar-refractivity contribution in [2.24, 2.45) is 0 Å². The molecular weight excluding hydrogens is 457 g/mol. The molecule has 0 spiro atoms. The lowest BCUT2D eigenvalue weighted by molar-refractivity contribution is 0.161. The molecule has 1 heterocycles. The predicted molar refractivity (Wildman–Crippen MR) is 140 cm³/mol. The second kappa shape index (κ2) is 10.2. The van der Waals surface area contributed by atoms with E-state index in [1.165, 1.54) is 23.8 Å². The van der Waals surface area contributed by atoms with Gasteiger partial charge in [-0.2, -0.15) is 0 Å². The summed E-state index contributed by atoms with van der Waals surface area (Å²) in [5.41, 5.74) is 5.21. The van der Waals surface area contributed by atoms with Crippen molar-refractivity contribution in [3.8, 4) is 39.1 Å². The molecule has 1 aliphatic heterocycles. The first-order chi connectivity index (χ1) is 17.5. The normalized spacial score (nSPS) is 14.9. The van der Waals surface area contributed by atoms with Gasteiger partial charge in [-0.3, -0.25) is 0 Å². The Morgan fingerprint density at radius 2 is 1.31 bits per heavy atom. The number of halogens is 3. The first-order valence-corrected chi connectivity index (χ1v) is 12.6. The Balaban J connectivity index is 1.42. The highest BCUT2D eigenvalue weighted by Crippen LogP contribution is 2.37. The highest BCUT2D eigenvalue weighted by molar-refractivity contribution is 5.75. The molecule has 36 heavy (non-hydrogen) atoms. The molecule has 4 heteroatoms. The van der Waals surface area contributed by atoms with Crippen molar-refractivity contribution in [3.63, 3.8) is 0 Å². The zero-order chi connectivity index (χ0) is 25.2. The van der Waals surface area contributed by atoms with Gasteiger partial charge in [0.25, 0.3) is 0 Å². The van der Waals surface area contributed by atoms with Gasteiger partial charge in [-0.25, -0.2) is 13.2 Å². The number of hydrogen-bond acceptors (Lipinski definition) is 1. The number of ether oxygens (including phenoxy) is 1. The molecule has 0 radical (unpaired) electrons. The van der Waals surface area contributed by atoms with Gasteiger partial charge in [0.05, 0.1) is 6.10 Å². The zero-order valence-corrected chi connectivity index (χ0v) is 20.6. The van der Waals surface area contributed by atoms with Crippen molar-refractivity contribution in [1.29, 1.82) is 0 Å². The van der Waals surface area contributed by atoms with Crippen molar-refractivity contribution >= 4 is 0 Å². The van der Waals surface area contributed by atoms with Gasteiger partial charge in [0.2, 0.25) is 0 Å². The minimum absolute atomic E-state index is 0.00979. The SMILES string of the molecule is CCCc1ccc(-c2ccc(-c3ccc(-c4cc(F)c5c(c4)CCC(CC)O5)c(F)c3)c(F)c2)cc1. The average molecular weight is 487 g/mol. The van der Waals surface area contributed by atoms with Crippen LogP contribution in [0.5, 0.6) is 5.75 Å². The van der Waals surface area contributed by atoms with Gasteiger partial charge in [0, 0.05) is 11.1 Å². The van der Waals surface area contributed by atoms with Crippen LogP contribution in [0, 0.1) is 17.5 Å². The molecule has 0 N–H and O–H groups in total. The third kappa shape index (κ3) is 4.77. The third-order valence-corrected chi connectivity index (χ3v) is 6.98. The lowest BCUT2D eigenvalue weighted by Gasteiger charge is -2.26. The standard InChI is InChI=1S/C32H29F3O/c1-3-5-20-6-8-21(9-7-20)22-11-14-27(29(33)17-22)23-12-15-28(30(34)18-23)25-16-24-10-13-26(4-2)36-32(24)31(35)19-25/h6-9,11-12,14-19,26H,3-5,10,13H2,1-2H3. The van der Waals surface area contributed by atoms with E-state index in [2.05, 4.69) is 19.1 Å². The van der Waals surface area contributed by atoms with Crippen molar-refractivity contribution in [1.82, 2.24) is 0 Å². The number of benzene rings is 4. The average Bonchev–Trinajstić information content (AvgIpc) is 2.89. The molecule has 0 saturated carbocycles. The highest BCUT2D eigenvalue weighted by atomic mass is 19.1. The minimum Gasteiger partial charge on any atom is -0.487 e. The van der Waals surface area contributed by atoms with E-state index in [0.717, 1.165) is 42.4 Å². The quantitative estimate of drug-likeness (QED) is 0.264. The summed E-state index contributed by atoms with van der Waals surface area (Å²) in [5, 5.41) is 0. The number of fused-ring (bicyclic) bond motifs is 1. The molecular formula is C32H29F3O. The summed E-state index contributed by atoms with van der Waals surface area (Å²) in [5.74, 6) is -1.14. The largest absolute Gasteiger partial charge is 0.487 e. The van der Waals surface area contributed by atoms with Gasteiger partial charge in [-0.1, -0.05) is 68.8 Å². The molecule has 0 amide bonds. The Morgan fingerprint density at radius 1 is 0.694 bits per heavy atom. The summed E-state index contributed by atoms with van der Waals surface area (Å²) in [7, 11) is 0. The van der Waals surface area contributed by atoms with E-state index in [1.807, 2.05) is 25.1 Å². The molecule has 4 aromatic carbocycles. The number of aryl methyl sites for hydroxylation is 2. The lowest BCUT2D eigenvalue weighted by Crippen LogP contribution is -2.22. The monoisotopic (exact) mass is 486 g/mol. The minimum atomic E-state index is -0.523. The van der Waals surface area contributed by atoms with Crippen LogP contribution in [0.15, 0.2) is 72.8 Å². The Bertz CT molecular complexity index is 1390. The van der Waals surface area contributed by atoms with E-state index < -0.39 is 17.5 Å². The van der Waals surface area contributed by atoms with E-state index in [0.29, 0.717) is 23.1 Å². The van der Waals surface area contributed by atoms with E-state index in [9.17, 15) is 4.39 Å². The van der Waals surface area contributed by atoms with Crippen LogP contribution in [-0.4, -0.2) is 6.10 Å². The van der Waals surface area contributed by atoms with Crippen molar-refractivity contribution in [2.75, 3.05) is 0 Å². The van der Waals surface area contributed by atoms with Crippen LogP contribution in [0.2, 0.25) is 0 Å². The molecule has 0 bridgehead atoms. The fraction of sp³-hybridized carbons (Fsp3) is 0.250. The molecule has 1 atom stereocenters. The van der Waals surface area contributed by atoms with Gasteiger partial charge in [0.15, 0.2) is 11.6 Å². The summed E-state index contributed by atoms with van der Waals surface area (Å²) in [6, 6.07) is 20.8. The van der Waals surface area contributed by atoms with Gasteiger partial charge in [0.1, 0.15) is 11.6 Å². The molecule has 0 aliphatic carbocycles. The van der Waals surface area contributed by atoms with Gasteiger partial charge < -0.3 is 4.74 Å². The van der Waals surface area contributed by atoms with Crippen LogP contribution < -0.4 is 4.74 Å². The summed E-state index contributed by atoms with van der Waals surface area (Å²) in [4.78, 5) is 0. The van der Waals surface area contributed by atoms with Gasteiger partial charge in [-0.05, 0) is 83.3 Å². The highest BCUT2D eigenvalue weighted by Gasteiger charge is 2.23. The summed E-state index contributed by atoms with van der Waals surface area (Å²) in [6.07, 6.45) is 4.42. The van der Waals surface area contributed by atoms with Gasteiger partial charge >= 0.3 is 0 Å². The van der Waals surface area contributed by atoms with Crippen molar-refractivity contribution in [3.05, 3.63) is 101 Å². The van der Waals surface area contributed by atoms with Crippen molar-refractivity contribution < 1.29 is 17.9 Å². The molecule has 0 fully saturated rings. The molecule has 1 nitrogen and oxygen atoms in total. The second-order valence-electron chi connectivity index (χ2n) is 9.47. The first-order valence-electron chi connectivity index (χ1n) is 12.6. The fourth-order valence-electron chi connectivity index (χ4n) is 4.95. The molecule has 1 unspecified atom stereocenters. The maximum atomic E-state index is 15.2. The van der Waals surface area contributed by atoms with Crippen molar-refractivity contribution in [2.45, 2.75) is 52.1 Å². The maximum Gasteiger partial charge on any atom is 0.165 e. The second-order valence-corrected chi connectivity index (χ2v) is 9.47. The first kappa shape index (κ1) is 24.2. The summed E-state index contributed by atoms with van der Waals surface area (Å²) in [6.45, 7) is 4.15. The molecule has 5 rings (SSSR count). The molecule has 184 valence electrons. The maximum absolute atomic E-state index is 15.2. The molecule has 4 aromatic rings. The Labute approximate surface area is 210 Å². The van der Waals surface area contributed by atoms with Gasteiger partial charge in [-0.15, -0.1) is 0 Å². The van der Waals surface area contributed by atoms with Crippen LogP contribution in [0.1, 0.15) is 44.2 Å². The predicted octanol–water partition coefficient (Wildman–Crippen LogP) is 9.16. The van der Waals surface area contributed by atoms with Crippen LogP contribution >= 0.6 is 0 Å². The van der Waals surface area contributed by atoms with Crippen LogP contribution in [-0.2, 0) is 12.8 Å². The molecule has 1 aliphatic rings. The molecule has 0 aromatic heterocycles. The number of hydrogen-bond donors (Lipinski definition) is 0. The zero-order valence-electron chi connectivity index (χ0n) is 20.6. The Hall–Kier alpha value is -3.53. The third-order valence-electron chi connectivity index (χ3n) is 6.98. The number of rotatable bonds is 6. The topological polar surface area (TPSA) is 9.23 Å². The van der Waals surface area contributed by atoms with E-state index in [4.69, 9.17) is 4.74 Å². The van der Waals surface area contributed by atoms with E-state index in [-0.39, 0.29) is 17.4 Å².